The Morgan fingerprint density at radius 1 is 1.18 bits per heavy atom. The summed E-state index contributed by atoms with van der Waals surface area (Å²) in [7, 11) is 0. The lowest BCUT2D eigenvalue weighted by Gasteiger charge is -2.19. The van der Waals surface area contributed by atoms with Crippen molar-refractivity contribution in [3.05, 3.63) is 29.3 Å². The van der Waals surface area contributed by atoms with Gasteiger partial charge in [-0.2, -0.15) is 0 Å². The minimum Gasteiger partial charge on any atom is -0.493 e. The van der Waals surface area contributed by atoms with E-state index in [0.717, 1.165) is 0 Å². The van der Waals surface area contributed by atoms with Crippen molar-refractivity contribution in [3.63, 3.8) is 0 Å². The Hall–Kier alpha value is -2.59. The van der Waals surface area contributed by atoms with Crippen LogP contribution in [0.5, 0.6) is 5.75 Å². The summed E-state index contributed by atoms with van der Waals surface area (Å²) in [5.41, 5.74) is 0.858. The zero-order valence-corrected chi connectivity index (χ0v) is 13.2. The number of rotatable bonds is 5. The molecule has 116 valence electrons. The predicted molar refractivity (Wildman–Crippen MR) is 86.7 cm³/mol. The third-order valence-electron chi connectivity index (χ3n) is 2.50. The minimum atomic E-state index is -0.498. The van der Waals surface area contributed by atoms with Gasteiger partial charge in [-0.3, -0.25) is 0 Å². The molecule has 0 radical (unpaired) electrons. The minimum absolute atomic E-state index is 0.434. The number of alkyl carbamates (subject to hydrolysis) is 1. The van der Waals surface area contributed by atoms with Gasteiger partial charge in [0.05, 0.1) is 6.61 Å². The van der Waals surface area contributed by atoms with E-state index in [1.54, 1.807) is 18.2 Å². The molecule has 1 aromatic rings. The number of carbonyl (C=O) groups excluding carboxylic acids is 1. The van der Waals surface area contributed by atoms with Crippen LogP contribution in [0.2, 0.25) is 0 Å². The zero-order valence-electron chi connectivity index (χ0n) is 13.2. The SMILES string of the molecule is C#Cc1cc(C#C)cc(OCCCNC(=O)OC(C)(C)C)c1. The van der Waals surface area contributed by atoms with Crippen molar-refractivity contribution < 1.29 is 14.3 Å². The Morgan fingerprint density at radius 3 is 2.27 bits per heavy atom. The highest BCUT2D eigenvalue weighted by molar-refractivity contribution is 5.67. The second kappa shape index (κ2) is 8.00. The van der Waals surface area contributed by atoms with E-state index in [-0.39, 0.29) is 0 Å². The number of terminal acetylenes is 2. The number of carbonyl (C=O) groups is 1. The lowest BCUT2D eigenvalue weighted by atomic mass is 10.1. The molecule has 0 fully saturated rings. The van der Waals surface area contributed by atoms with Crippen molar-refractivity contribution in [1.82, 2.24) is 5.32 Å². The molecule has 4 nitrogen and oxygen atoms in total. The van der Waals surface area contributed by atoms with Crippen molar-refractivity contribution in [2.24, 2.45) is 0 Å². The van der Waals surface area contributed by atoms with Gasteiger partial charge >= 0.3 is 6.09 Å². The van der Waals surface area contributed by atoms with Crippen molar-refractivity contribution in [2.45, 2.75) is 32.8 Å². The fourth-order valence-electron chi connectivity index (χ4n) is 1.62. The van der Waals surface area contributed by atoms with Gasteiger partial charge in [0, 0.05) is 17.7 Å². The van der Waals surface area contributed by atoms with Gasteiger partial charge in [0.15, 0.2) is 0 Å². The highest BCUT2D eigenvalue weighted by atomic mass is 16.6. The molecule has 0 heterocycles. The van der Waals surface area contributed by atoms with E-state index in [1.165, 1.54) is 0 Å². The van der Waals surface area contributed by atoms with E-state index in [0.29, 0.717) is 36.4 Å². The molecule has 1 aromatic carbocycles. The summed E-state index contributed by atoms with van der Waals surface area (Å²) in [6.45, 7) is 6.35. The number of benzene rings is 1. The number of nitrogens with one attached hydrogen (secondary N) is 1. The molecule has 0 saturated heterocycles. The van der Waals surface area contributed by atoms with Gasteiger partial charge in [0.1, 0.15) is 11.4 Å². The van der Waals surface area contributed by atoms with Crippen LogP contribution in [0.1, 0.15) is 38.3 Å². The number of hydrogen-bond donors (Lipinski definition) is 1. The molecule has 0 aromatic heterocycles. The molecule has 0 saturated carbocycles. The van der Waals surface area contributed by atoms with Crippen LogP contribution in [0.3, 0.4) is 0 Å². The molecule has 0 spiro atoms. The summed E-state index contributed by atoms with van der Waals surface area (Å²) < 4.78 is 10.7. The standard InChI is InChI=1S/C18H21NO3/c1-6-14-11-15(7-2)13-16(12-14)21-10-8-9-19-17(20)22-18(3,4)5/h1-2,11-13H,8-10H2,3-5H3,(H,19,20). The first-order valence-corrected chi connectivity index (χ1v) is 7.02. The Kier molecular flexibility index (Phi) is 6.35. The van der Waals surface area contributed by atoms with Gasteiger partial charge in [-0.05, 0) is 45.4 Å². The van der Waals surface area contributed by atoms with Crippen LogP contribution >= 0.6 is 0 Å². The summed E-state index contributed by atoms with van der Waals surface area (Å²) in [6, 6.07) is 5.25. The molecule has 0 aliphatic heterocycles. The molecular weight excluding hydrogens is 278 g/mol. The summed E-state index contributed by atoms with van der Waals surface area (Å²) >= 11 is 0. The highest BCUT2D eigenvalue weighted by Gasteiger charge is 2.15. The van der Waals surface area contributed by atoms with Crippen molar-refractivity contribution in [1.29, 1.82) is 0 Å². The van der Waals surface area contributed by atoms with E-state index in [1.807, 2.05) is 20.8 Å². The molecule has 1 N–H and O–H groups in total. The van der Waals surface area contributed by atoms with E-state index >= 15 is 0 Å². The molecule has 22 heavy (non-hydrogen) atoms. The van der Waals surface area contributed by atoms with Gasteiger partial charge in [-0.15, -0.1) is 12.8 Å². The zero-order chi connectivity index (χ0) is 16.6. The molecule has 0 aliphatic rings. The van der Waals surface area contributed by atoms with Crippen molar-refractivity contribution in [3.8, 4) is 30.4 Å². The lowest BCUT2D eigenvalue weighted by molar-refractivity contribution is 0.0525. The monoisotopic (exact) mass is 299 g/mol. The first-order chi connectivity index (χ1) is 10.3. The molecule has 4 heteroatoms. The normalized spacial score (nSPS) is 10.2. The van der Waals surface area contributed by atoms with E-state index in [9.17, 15) is 4.79 Å². The molecule has 1 rings (SSSR count). The van der Waals surface area contributed by atoms with Crippen molar-refractivity contribution in [2.75, 3.05) is 13.2 Å². The van der Waals surface area contributed by atoms with Gasteiger partial charge in [0.2, 0.25) is 0 Å². The maximum Gasteiger partial charge on any atom is 0.407 e. The van der Waals surface area contributed by atoms with Gasteiger partial charge in [-0.25, -0.2) is 4.79 Å². The van der Waals surface area contributed by atoms with E-state index in [4.69, 9.17) is 22.3 Å². The second-order valence-electron chi connectivity index (χ2n) is 5.67. The van der Waals surface area contributed by atoms with Gasteiger partial charge in [-0.1, -0.05) is 11.8 Å². The molecular formula is C18H21NO3. The Labute approximate surface area is 132 Å². The molecule has 1 amide bonds. The topological polar surface area (TPSA) is 47.6 Å². The molecule has 0 unspecified atom stereocenters. The van der Waals surface area contributed by atoms with Crippen LogP contribution in [-0.4, -0.2) is 24.8 Å². The Balaban J connectivity index is 2.35. The second-order valence-corrected chi connectivity index (χ2v) is 5.67. The average molecular weight is 299 g/mol. The van der Waals surface area contributed by atoms with Crippen molar-refractivity contribution >= 4 is 6.09 Å². The van der Waals surface area contributed by atoms with Gasteiger partial charge in [0.25, 0.3) is 0 Å². The quantitative estimate of drug-likeness (QED) is 0.672. The first-order valence-electron chi connectivity index (χ1n) is 7.02. The molecule has 0 atom stereocenters. The van der Waals surface area contributed by atoms with Crippen LogP contribution in [0, 0.1) is 24.7 Å². The number of amides is 1. The smallest absolute Gasteiger partial charge is 0.407 e. The third-order valence-corrected chi connectivity index (χ3v) is 2.50. The third kappa shape index (κ3) is 6.72. The summed E-state index contributed by atoms with van der Waals surface area (Å²) in [5, 5.41) is 2.66. The average Bonchev–Trinajstić information content (AvgIpc) is 2.44. The maximum atomic E-state index is 11.4. The van der Waals surface area contributed by atoms with Crippen LogP contribution in [0.25, 0.3) is 0 Å². The number of hydrogen-bond acceptors (Lipinski definition) is 3. The first kappa shape index (κ1) is 17.5. The highest BCUT2D eigenvalue weighted by Crippen LogP contribution is 2.16. The lowest BCUT2D eigenvalue weighted by Crippen LogP contribution is -2.33. The fraction of sp³-hybridized carbons (Fsp3) is 0.389. The van der Waals surface area contributed by atoms with Gasteiger partial charge < -0.3 is 14.8 Å². The van der Waals surface area contributed by atoms with Crippen LogP contribution < -0.4 is 10.1 Å². The Bertz CT molecular complexity index is 568. The van der Waals surface area contributed by atoms with E-state index in [2.05, 4.69) is 17.2 Å². The van der Waals surface area contributed by atoms with Crippen LogP contribution in [-0.2, 0) is 4.74 Å². The number of ether oxygens (including phenoxy) is 2. The largest absolute Gasteiger partial charge is 0.493 e. The molecule has 0 aliphatic carbocycles. The van der Waals surface area contributed by atoms with Crippen LogP contribution in [0.4, 0.5) is 4.79 Å². The van der Waals surface area contributed by atoms with E-state index < -0.39 is 11.7 Å². The summed E-state index contributed by atoms with van der Waals surface area (Å²) in [4.78, 5) is 11.4. The van der Waals surface area contributed by atoms with Crippen LogP contribution in [0.15, 0.2) is 18.2 Å². The Morgan fingerprint density at radius 2 is 1.77 bits per heavy atom. The fourth-order valence-corrected chi connectivity index (χ4v) is 1.62. The summed E-state index contributed by atoms with van der Waals surface area (Å²) in [6.07, 6.45) is 10.9. The summed E-state index contributed by atoms with van der Waals surface area (Å²) in [5.74, 6) is 5.69. The maximum absolute atomic E-state index is 11.4. The predicted octanol–water partition coefficient (Wildman–Crippen LogP) is 2.94. The molecule has 0 bridgehead atoms.